The average molecular weight is 470 g/mol. The van der Waals surface area contributed by atoms with Crippen LogP contribution in [0, 0.1) is 0 Å². The number of carbonyl (C=O) groups excluding carboxylic acids is 1. The molecule has 0 radical (unpaired) electrons. The molecule has 0 aliphatic heterocycles. The summed E-state index contributed by atoms with van der Waals surface area (Å²) >= 11 is 6.09. The van der Waals surface area contributed by atoms with Gasteiger partial charge in [-0.2, -0.15) is 0 Å². The number of hydrogen-bond donors (Lipinski definition) is 1. The number of aryl methyl sites for hydroxylation is 1. The van der Waals surface area contributed by atoms with E-state index in [1.807, 2.05) is 91.0 Å². The van der Waals surface area contributed by atoms with Crippen LogP contribution >= 0.6 is 11.6 Å². The third kappa shape index (κ3) is 5.99. The highest BCUT2D eigenvalue weighted by molar-refractivity contribution is 6.31. The summed E-state index contributed by atoms with van der Waals surface area (Å²) in [6.07, 6.45) is 5.85. The van der Waals surface area contributed by atoms with Crippen molar-refractivity contribution in [3.63, 3.8) is 0 Å². The molecule has 1 aromatic heterocycles. The Morgan fingerprint density at radius 3 is 2.59 bits per heavy atom. The molecule has 0 aliphatic carbocycles. The van der Waals surface area contributed by atoms with Crippen molar-refractivity contribution in [1.29, 1.82) is 0 Å². The smallest absolute Gasteiger partial charge is 0.162 e. The van der Waals surface area contributed by atoms with Crippen molar-refractivity contribution in [2.24, 2.45) is 0 Å². The van der Waals surface area contributed by atoms with Crippen molar-refractivity contribution in [1.82, 2.24) is 4.98 Å². The Hall–Kier alpha value is -3.27. The summed E-state index contributed by atoms with van der Waals surface area (Å²) < 4.78 is 0. The molecule has 0 unspecified atom stereocenters. The fourth-order valence-electron chi connectivity index (χ4n) is 4.12. The van der Waals surface area contributed by atoms with Gasteiger partial charge in [0.05, 0.1) is 16.8 Å². The van der Waals surface area contributed by atoms with Crippen LogP contribution in [0.2, 0.25) is 5.02 Å². The molecule has 0 spiro atoms. The second kappa shape index (κ2) is 10.3. The van der Waals surface area contributed by atoms with Gasteiger partial charge in [0.15, 0.2) is 5.78 Å². The van der Waals surface area contributed by atoms with Crippen molar-refractivity contribution < 1.29 is 9.90 Å². The van der Waals surface area contributed by atoms with E-state index in [0.717, 1.165) is 46.1 Å². The molecule has 3 aromatic carbocycles. The van der Waals surface area contributed by atoms with E-state index in [9.17, 15) is 9.90 Å². The van der Waals surface area contributed by atoms with E-state index in [1.165, 1.54) is 0 Å². The highest BCUT2D eigenvalue weighted by atomic mass is 35.5. The summed E-state index contributed by atoms with van der Waals surface area (Å²) in [6, 6.07) is 25.2. The molecule has 0 aliphatic rings. The maximum Gasteiger partial charge on any atom is 0.162 e. The van der Waals surface area contributed by atoms with E-state index < -0.39 is 5.60 Å². The van der Waals surface area contributed by atoms with Crippen molar-refractivity contribution in [2.75, 3.05) is 0 Å². The standard InChI is InChI=1S/C30H28ClNO2/c1-30(2,34)27-11-4-3-8-22(27)9-6-12-29(33)24-10-5-7-21(19-24)13-17-26-18-15-23-14-16-25(31)20-28(23)32-26/h3-5,7-8,10-11,13-20,34H,6,9,12H2,1-2H3. The summed E-state index contributed by atoms with van der Waals surface area (Å²) in [5.74, 6) is 0.120. The predicted octanol–water partition coefficient (Wildman–Crippen LogP) is 7.49. The topological polar surface area (TPSA) is 50.2 Å². The molecule has 4 heteroatoms. The Kier molecular flexibility index (Phi) is 7.26. The quantitative estimate of drug-likeness (QED) is 0.272. The van der Waals surface area contributed by atoms with Crippen LogP contribution in [0.3, 0.4) is 0 Å². The number of pyridine rings is 1. The third-order valence-electron chi connectivity index (χ3n) is 5.86. The number of rotatable bonds is 8. The SMILES string of the molecule is CC(C)(O)c1ccccc1CCCC(=O)c1cccc(C=Cc2ccc3ccc(Cl)cc3n2)c1. The van der Waals surface area contributed by atoms with E-state index in [0.29, 0.717) is 17.0 Å². The Morgan fingerprint density at radius 2 is 1.76 bits per heavy atom. The van der Waals surface area contributed by atoms with Gasteiger partial charge in [-0.25, -0.2) is 4.98 Å². The van der Waals surface area contributed by atoms with Gasteiger partial charge in [-0.15, -0.1) is 0 Å². The maximum atomic E-state index is 12.8. The van der Waals surface area contributed by atoms with Crippen LogP contribution in [0.25, 0.3) is 23.1 Å². The number of ketones is 1. The first-order valence-corrected chi connectivity index (χ1v) is 11.9. The van der Waals surface area contributed by atoms with Gasteiger partial charge in [0.2, 0.25) is 0 Å². The Balaban J connectivity index is 1.41. The molecule has 0 bridgehead atoms. The zero-order valence-electron chi connectivity index (χ0n) is 19.5. The van der Waals surface area contributed by atoms with E-state index in [1.54, 1.807) is 13.8 Å². The van der Waals surface area contributed by atoms with Gasteiger partial charge >= 0.3 is 0 Å². The number of benzene rings is 3. The number of carbonyl (C=O) groups is 1. The second-order valence-electron chi connectivity index (χ2n) is 9.02. The normalized spacial score (nSPS) is 11.9. The van der Waals surface area contributed by atoms with Crippen LogP contribution in [-0.2, 0) is 12.0 Å². The van der Waals surface area contributed by atoms with E-state index in [-0.39, 0.29) is 5.78 Å². The predicted molar refractivity (Wildman–Crippen MR) is 141 cm³/mol. The number of hydrogen-bond acceptors (Lipinski definition) is 3. The number of Topliss-reactive ketones (excluding diaryl/α,β-unsaturated/α-hetero) is 1. The van der Waals surface area contributed by atoms with Gasteiger partial charge in [-0.3, -0.25) is 4.79 Å². The van der Waals surface area contributed by atoms with Gasteiger partial charge < -0.3 is 5.11 Å². The first-order chi connectivity index (χ1) is 16.3. The maximum absolute atomic E-state index is 12.8. The summed E-state index contributed by atoms with van der Waals surface area (Å²) in [4.78, 5) is 17.5. The lowest BCUT2D eigenvalue weighted by atomic mass is 9.90. The Labute approximate surface area is 205 Å². The van der Waals surface area contributed by atoms with Gasteiger partial charge in [0.25, 0.3) is 0 Å². The first-order valence-electron chi connectivity index (χ1n) is 11.5. The number of aromatic nitrogens is 1. The third-order valence-corrected chi connectivity index (χ3v) is 6.09. The lowest BCUT2D eigenvalue weighted by Gasteiger charge is -2.21. The average Bonchev–Trinajstić information content (AvgIpc) is 2.82. The number of halogens is 1. The molecule has 0 saturated carbocycles. The number of nitrogens with zero attached hydrogens (tertiary/aromatic N) is 1. The largest absolute Gasteiger partial charge is 0.386 e. The fourth-order valence-corrected chi connectivity index (χ4v) is 4.28. The van der Waals surface area contributed by atoms with Crippen LogP contribution in [0.1, 0.15) is 59.4 Å². The van der Waals surface area contributed by atoms with Crippen LogP contribution in [-0.4, -0.2) is 15.9 Å². The minimum Gasteiger partial charge on any atom is -0.386 e. The van der Waals surface area contributed by atoms with E-state index >= 15 is 0 Å². The lowest BCUT2D eigenvalue weighted by Crippen LogP contribution is -2.18. The molecular weight excluding hydrogens is 442 g/mol. The lowest BCUT2D eigenvalue weighted by molar-refractivity contribution is 0.0776. The molecular formula is C30H28ClNO2. The fraction of sp³-hybridized carbons (Fsp3) is 0.200. The van der Waals surface area contributed by atoms with Gasteiger partial charge in [-0.1, -0.05) is 72.3 Å². The van der Waals surface area contributed by atoms with Crippen molar-refractivity contribution in [2.45, 2.75) is 38.7 Å². The second-order valence-corrected chi connectivity index (χ2v) is 9.46. The molecule has 172 valence electrons. The molecule has 1 N–H and O–H groups in total. The zero-order valence-corrected chi connectivity index (χ0v) is 20.2. The van der Waals surface area contributed by atoms with Gasteiger partial charge in [0, 0.05) is 22.4 Å². The summed E-state index contributed by atoms with van der Waals surface area (Å²) in [7, 11) is 0. The van der Waals surface area contributed by atoms with Crippen LogP contribution in [0.15, 0.2) is 78.9 Å². The van der Waals surface area contributed by atoms with Crippen molar-refractivity contribution in [3.05, 3.63) is 112 Å². The summed E-state index contributed by atoms with van der Waals surface area (Å²) in [5, 5.41) is 12.1. The molecule has 4 aromatic rings. The summed E-state index contributed by atoms with van der Waals surface area (Å²) in [5.41, 5.74) is 4.44. The van der Waals surface area contributed by atoms with Crippen LogP contribution < -0.4 is 0 Å². The number of aliphatic hydroxyl groups is 1. The minimum atomic E-state index is -0.895. The van der Waals surface area contributed by atoms with Gasteiger partial charge in [-0.05, 0) is 73.7 Å². The monoisotopic (exact) mass is 469 g/mol. The van der Waals surface area contributed by atoms with Crippen molar-refractivity contribution in [3.8, 4) is 0 Å². The summed E-state index contributed by atoms with van der Waals surface area (Å²) in [6.45, 7) is 3.58. The Morgan fingerprint density at radius 1 is 0.971 bits per heavy atom. The van der Waals surface area contributed by atoms with Gasteiger partial charge in [0.1, 0.15) is 0 Å². The first kappa shape index (κ1) is 23.9. The molecule has 1 heterocycles. The number of fused-ring (bicyclic) bond motifs is 1. The Bertz CT molecular complexity index is 1350. The molecule has 0 fully saturated rings. The molecule has 0 saturated heterocycles. The molecule has 34 heavy (non-hydrogen) atoms. The molecule has 3 nitrogen and oxygen atoms in total. The van der Waals surface area contributed by atoms with Crippen molar-refractivity contribution >= 4 is 40.4 Å². The van der Waals surface area contributed by atoms with Crippen LogP contribution in [0.5, 0.6) is 0 Å². The molecule has 0 amide bonds. The zero-order chi connectivity index (χ0) is 24.1. The minimum absolute atomic E-state index is 0.120. The highest BCUT2D eigenvalue weighted by Gasteiger charge is 2.19. The molecule has 0 atom stereocenters. The van der Waals surface area contributed by atoms with E-state index in [4.69, 9.17) is 11.6 Å². The highest BCUT2D eigenvalue weighted by Crippen LogP contribution is 2.25. The molecule has 4 rings (SSSR count). The van der Waals surface area contributed by atoms with Crippen LogP contribution in [0.4, 0.5) is 0 Å². The van der Waals surface area contributed by atoms with E-state index in [2.05, 4.69) is 4.98 Å².